The molecule has 0 aliphatic heterocycles. The lowest BCUT2D eigenvalue weighted by Crippen LogP contribution is -2.21. The molecule has 0 unspecified atom stereocenters. The van der Waals surface area contributed by atoms with Gasteiger partial charge in [-0.3, -0.25) is 4.79 Å². The molecule has 2 N–H and O–H groups in total. The van der Waals surface area contributed by atoms with Crippen molar-refractivity contribution in [1.82, 2.24) is 0 Å². The lowest BCUT2D eigenvalue weighted by molar-refractivity contribution is 0.100. The van der Waals surface area contributed by atoms with Crippen molar-refractivity contribution in [2.45, 2.75) is 52.4 Å². The standard InChI is InChI=1S/C23H27F2NO/c1-23(2)12-10-15(11-13-23)6-7-16-8-9-19(21(25)20(16)24)17-4-3-5-18(14-17)22(26)27/h3-5,8-9,14-15H,6-7,10-13H2,1-2H3,(H2,26,27). The summed E-state index contributed by atoms with van der Waals surface area (Å²) in [4.78, 5) is 11.3. The molecule has 2 aromatic carbocycles. The summed E-state index contributed by atoms with van der Waals surface area (Å²) >= 11 is 0. The Bertz CT molecular complexity index is 834. The molecule has 3 rings (SSSR count). The Hall–Kier alpha value is -2.23. The molecule has 0 atom stereocenters. The zero-order chi connectivity index (χ0) is 19.6. The maximum Gasteiger partial charge on any atom is 0.248 e. The van der Waals surface area contributed by atoms with Crippen LogP contribution in [0.4, 0.5) is 8.78 Å². The van der Waals surface area contributed by atoms with Crippen LogP contribution in [-0.4, -0.2) is 5.91 Å². The summed E-state index contributed by atoms with van der Waals surface area (Å²) < 4.78 is 29.3. The average Bonchev–Trinajstić information content (AvgIpc) is 2.64. The van der Waals surface area contributed by atoms with E-state index in [4.69, 9.17) is 5.73 Å². The van der Waals surface area contributed by atoms with Gasteiger partial charge < -0.3 is 5.73 Å². The molecule has 1 fully saturated rings. The van der Waals surface area contributed by atoms with Gasteiger partial charge in [-0.2, -0.15) is 0 Å². The van der Waals surface area contributed by atoms with Crippen molar-refractivity contribution in [1.29, 1.82) is 0 Å². The molecule has 0 aromatic heterocycles. The van der Waals surface area contributed by atoms with E-state index in [0.29, 0.717) is 28.9 Å². The first kappa shape index (κ1) is 19.5. The second kappa shape index (κ2) is 7.79. The minimum Gasteiger partial charge on any atom is -0.366 e. The van der Waals surface area contributed by atoms with Crippen LogP contribution in [0.15, 0.2) is 36.4 Å². The van der Waals surface area contributed by atoms with Gasteiger partial charge in [0.1, 0.15) is 0 Å². The molecule has 0 bridgehead atoms. The van der Waals surface area contributed by atoms with E-state index in [1.807, 2.05) is 0 Å². The quantitative estimate of drug-likeness (QED) is 0.701. The normalized spacial score (nSPS) is 17.0. The third kappa shape index (κ3) is 4.55. The summed E-state index contributed by atoms with van der Waals surface area (Å²) in [5.41, 5.74) is 6.98. The van der Waals surface area contributed by atoms with Crippen LogP contribution < -0.4 is 5.73 Å². The molecule has 0 saturated heterocycles. The number of hydrogen-bond acceptors (Lipinski definition) is 1. The average molecular weight is 371 g/mol. The van der Waals surface area contributed by atoms with Crippen LogP contribution in [0.3, 0.4) is 0 Å². The van der Waals surface area contributed by atoms with E-state index >= 15 is 0 Å². The maximum absolute atomic E-state index is 14.7. The van der Waals surface area contributed by atoms with Crippen molar-refractivity contribution in [2.75, 3.05) is 0 Å². The van der Waals surface area contributed by atoms with Crippen LogP contribution in [0.5, 0.6) is 0 Å². The number of aryl methyl sites for hydroxylation is 1. The number of primary amides is 1. The highest BCUT2D eigenvalue weighted by Crippen LogP contribution is 2.39. The number of rotatable bonds is 5. The third-order valence-electron chi connectivity index (χ3n) is 5.90. The monoisotopic (exact) mass is 371 g/mol. The molecule has 0 radical (unpaired) electrons. The number of benzene rings is 2. The van der Waals surface area contributed by atoms with Gasteiger partial charge in [0, 0.05) is 11.1 Å². The van der Waals surface area contributed by atoms with Gasteiger partial charge in [-0.15, -0.1) is 0 Å². The Morgan fingerprint density at radius 2 is 1.81 bits per heavy atom. The Kier molecular flexibility index (Phi) is 5.64. The first-order chi connectivity index (χ1) is 12.8. The second-order valence-electron chi connectivity index (χ2n) is 8.49. The number of amides is 1. The lowest BCUT2D eigenvalue weighted by Gasteiger charge is -2.34. The minimum atomic E-state index is -0.862. The molecular formula is C23H27F2NO. The van der Waals surface area contributed by atoms with Crippen LogP contribution >= 0.6 is 0 Å². The number of carbonyl (C=O) groups is 1. The lowest BCUT2D eigenvalue weighted by atomic mass is 9.72. The molecule has 144 valence electrons. The minimum absolute atomic E-state index is 0.152. The molecule has 2 nitrogen and oxygen atoms in total. The van der Waals surface area contributed by atoms with E-state index in [0.717, 1.165) is 19.3 Å². The molecule has 1 saturated carbocycles. The summed E-state index contributed by atoms with van der Waals surface area (Å²) in [5, 5.41) is 0. The van der Waals surface area contributed by atoms with E-state index in [1.54, 1.807) is 30.3 Å². The van der Waals surface area contributed by atoms with Crippen LogP contribution in [0.1, 0.15) is 61.9 Å². The van der Waals surface area contributed by atoms with Crippen molar-refractivity contribution < 1.29 is 13.6 Å². The van der Waals surface area contributed by atoms with Crippen molar-refractivity contribution >= 4 is 5.91 Å². The molecule has 1 aliphatic carbocycles. The smallest absolute Gasteiger partial charge is 0.248 e. The van der Waals surface area contributed by atoms with Crippen LogP contribution in [0, 0.1) is 23.0 Å². The molecular weight excluding hydrogens is 344 g/mol. The van der Waals surface area contributed by atoms with E-state index in [-0.39, 0.29) is 11.1 Å². The van der Waals surface area contributed by atoms with E-state index in [2.05, 4.69) is 13.8 Å². The van der Waals surface area contributed by atoms with Crippen LogP contribution in [0.25, 0.3) is 11.1 Å². The predicted octanol–water partition coefficient (Wildman–Crippen LogP) is 5.88. The summed E-state index contributed by atoms with van der Waals surface area (Å²) in [6, 6.07) is 9.57. The Morgan fingerprint density at radius 3 is 2.48 bits per heavy atom. The van der Waals surface area contributed by atoms with Crippen molar-refractivity contribution in [3.63, 3.8) is 0 Å². The maximum atomic E-state index is 14.7. The van der Waals surface area contributed by atoms with Gasteiger partial charge in [-0.1, -0.05) is 38.1 Å². The zero-order valence-corrected chi connectivity index (χ0v) is 16.0. The summed E-state index contributed by atoms with van der Waals surface area (Å²) in [5.74, 6) is -1.65. The fourth-order valence-electron chi connectivity index (χ4n) is 3.95. The first-order valence-corrected chi connectivity index (χ1v) is 9.64. The molecule has 1 amide bonds. The van der Waals surface area contributed by atoms with Gasteiger partial charge in [0.15, 0.2) is 11.6 Å². The molecule has 1 aliphatic rings. The summed E-state index contributed by atoms with van der Waals surface area (Å²) in [7, 11) is 0. The Labute approximate surface area is 159 Å². The number of halogens is 2. The van der Waals surface area contributed by atoms with Crippen molar-refractivity contribution in [3.05, 3.63) is 59.2 Å². The van der Waals surface area contributed by atoms with E-state index in [1.165, 1.54) is 18.9 Å². The molecule has 4 heteroatoms. The number of nitrogens with two attached hydrogens (primary N) is 1. The van der Waals surface area contributed by atoms with Gasteiger partial charge in [0.25, 0.3) is 0 Å². The van der Waals surface area contributed by atoms with Gasteiger partial charge in [0.2, 0.25) is 5.91 Å². The van der Waals surface area contributed by atoms with Crippen molar-refractivity contribution in [2.24, 2.45) is 17.1 Å². The fourth-order valence-corrected chi connectivity index (χ4v) is 3.95. The fraction of sp³-hybridized carbons (Fsp3) is 0.435. The topological polar surface area (TPSA) is 43.1 Å². The highest BCUT2D eigenvalue weighted by atomic mass is 19.2. The third-order valence-corrected chi connectivity index (χ3v) is 5.90. The highest BCUT2D eigenvalue weighted by molar-refractivity contribution is 5.94. The molecule has 0 spiro atoms. The number of carbonyl (C=O) groups excluding carboxylic acids is 1. The molecule has 0 heterocycles. The van der Waals surface area contributed by atoms with Crippen LogP contribution in [-0.2, 0) is 6.42 Å². The highest BCUT2D eigenvalue weighted by Gasteiger charge is 2.27. The van der Waals surface area contributed by atoms with Gasteiger partial charge in [0.05, 0.1) is 0 Å². The molecule has 2 aromatic rings. The summed E-state index contributed by atoms with van der Waals surface area (Å²) in [6.45, 7) is 4.59. The zero-order valence-electron chi connectivity index (χ0n) is 16.0. The van der Waals surface area contributed by atoms with Crippen molar-refractivity contribution in [3.8, 4) is 11.1 Å². The van der Waals surface area contributed by atoms with E-state index in [9.17, 15) is 13.6 Å². The van der Waals surface area contributed by atoms with E-state index < -0.39 is 17.5 Å². The summed E-state index contributed by atoms with van der Waals surface area (Å²) in [6.07, 6.45) is 6.16. The molecule has 27 heavy (non-hydrogen) atoms. The largest absolute Gasteiger partial charge is 0.366 e. The second-order valence-corrected chi connectivity index (χ2v) is 8.49. The Balaban J connectivity index is 1.74. The van der Waals surface area contributed by atoms with Gasteiger partial charge >= 0.3 is 0 Å². The Morgan fingerprint density at radius 1 is 1.11 bits per heavy atom. The van der Waals surface area contributed by atoms with Gasteiger partial charge in [-0.05, 0) is 73.1 Å². The predicted molar refractivity (Wildman–Crippen MR) is 104 cm³/mol. The number of hydrogen-bond donors (Lipinski definition) is 1. The SMILES string of the molecule is CC1(C)CCC(CCc2ccc(-c3cccc(C(N)=O)c3)c(F)c2F)CC1. The first-order valence-electron chi connectivity index (χ1n) is 9.64. The van der Waals surface area contributed by atoms with Gasteiger partial charge in [-0.25, -0.2) is 8.78 Å². The van der Waals surface area contributed by atoms with Crippen LogP contribution in [0.2, 0.25) is 0 Å².